The highest BCUT2D eigenvalue weighted by molar-refractivity contribution is 6.30. The Kier molecular flexibility index (Phi) is 8.59. The van der Waals surface area contributed by atoms with Crippen molar-refractivity contribution >= 4 is 40.0 Å². The Morgan fingerprint density at radius 2 is 1.61 bits per heavy atom. The Morgan fingerprint density at radius 1 is 0.889 bits per heavy atom. The van der Waals surface area contributed by atoms with Gasteiger partial charge < -0.3 is 10.6 Å². The number of hydrogen-bond donors (Lipinski definition) is 2. The number of anilines is 1. The molecule has 1 saturated carbocycles. The van der Waals surface area contributed by atoms with Crippen LogP contribution in [0.4, 0.5) is 5.69 Å². The van der Waals surface area contributed by atoms with Crippen LogP contribution < -0.4 is 21.9 Å². The number of carbonyl (C=O) groups excluding carboxylic acids is 2. The first-order chi connectivity index (χ1) is 17.4. The van der Waals surface area contributed by atoms with Crippen LogP contribution in [0.25, 0.3) is 10.9 Å². The van der Waals surface area contributed by atoms with E-state index >= 15 is 0 Å². The molecule has 1 fully saturated rings. The minimum Gasteiger partial charge on any atom is -0.353 e. The summed E-state index contributed by atoms with van der Waals surface area (Å²) >= 11 is 5.90. The molecule has 9 heteroatoms. The second kappa shape index (κ2) is 12.0. The highest BCUT2D eigenvalue weighted by Gasteiger charge is 2.17. The van der Waals surface area contributed by atoms with E-state index in [4.69, 9.17) is 11.6 Å². The molecule has 0 bridgehead atoms. The Morgan fingerprint density at radius 3 is 2.36 bits per heavy atom. The van der Waals surface area contributed by atoms with Crippen LogP contribution in [0.5, 0.6) is 0 Å². The highest BCUT2D eigenvalue weighted by Crippen LogP contribution is 2.18. The van der Waals surface area contributed by atoms with Crippen molar-refractivity contribution in [1.82, 2.24) is 14.5 Å². The number of nitrogens with zero attached hydrogens (tertiary/aromatic N) is 2. The molecule has 190 valence electrons. The molecule has 0 saturated heterocycles. The number of aromatic nitrogens is 2. The molecule has 0 atom stereocenters. The fourth-order valence-corrected chi connectivity index (χ4v) is 4.83. The lowest BCUT2D eigenvalue weighted by atomic mass is 9.95. The monoisotopic (exact) mass is 510 g/mol. The third-order valence-corrected chi connectivity index (χ3v) is 6.82. The molecule has 36 heavy (non-hydrogen) atoms. The van der Waals surface area contributed by atoms with Gasteiger partial charge in [-0.3, -0.25) is 23.5 Å². The molecule has 2 aromatic carbocycles. The van der Waals surface area contributed by atoms with E-state index in [-0.39, 0.29) is 25.0 Å². The van der Waals surface area contributed by atoms with E-state index in [0.717, 1.165) is 30.3 Å². The number of halogens is 1. The summed E-state index contributed by atoms with van der Waals surface area (Å²) in [6, 6.07) is 13.7. The van der Waals surface area contributed by atoms with Gasteiger partial charge in [0.25, 0.3) is 5.56 Å². The van der Waals surface area contributed by atoms with Crippen molar-refractivity contribution in [3.8, 4) is 0 Å². The zero-order chi connectivity index (χ0) is 25.5. The zero-order valence-corrected chi connectivity index (χ0v) is 20.9. The first-order valence-electron chi connectivity index (χ1n) is 12.5. The summed E-state index contributed by atoms with van der Waals surface area (Å²) < 4.78 is 2.48. The van der Waals surface area contributed by atoms with Crippen LogP contribution in [0, 0.1) is 0 Å². The molecular weight excluding hydrogens is 480 g/mol. The Labute approximate surface area is 214 Å². The lowest BCUT2D eigenvalue weighted by Crippen LogP contribution is -2.41. The standard InChI is InChI=1S/C27H31ClN4O4/c28-19-13-15-21(16-14-19)30-25(34)18-32-23-11-5-4-10-22(23)26(35)31(27(32)36)17-7-6-12-24(33)29-20-8-2-1-3-9-20/h4-5,10-11,13-16,20H,1-3,6-9,12,17-18H2,(H,29,33)(H,30,34). The van der Waals surface area contributed by atoms with E-state index in [0.29, 0.717) is 40.9 Å². The average Bonchev–Trinajstić information content (AvgIpc) is 2.88. The largest absolute Gasteiger partial charge is 0.353 e. The molecule has 8 nitrogen and oxygen atoms in total. The van der Waals surface area contributed by atoms with Gasteiger partial charge in [0.15, 0.2) is 0 Å². The predicted molar refractivity (Wildman–Crippen MR) is 141 cm³/mol. The first kappa shape index (κ1) is 25.7. The summed E-state index contributed by atoms with van der Waals surface area (Å²) in [4.78, 5) is 51.3. The van der Waals surface area contributed by atoms with Crippen molar-refractivity contribution in [1.29, 1.82) is 0 Å². The number of rotatable bonds is 9. The second-order valence-corrected chi connectivity index (χ2v) is 9.69. The molecule has 2 N–H and O–H groups in total. The van der Waals surface area contributed by atoms with Gasteiger partial charge in [-0.1, -0.05) is 43.0 Å². The third kappa shape index (κ3) is 6.43. The van der Waals surface area contributed by atoms with Crippen molar-refractivity contribution in [2.75, 3.05) is 5.32 Å². The lowest BCUT2D eigenvalue weighted by molar-refractivity contribution is -0.122. The summed E-state index contributed by atoms with van der Waals surface area (Å²) in [7, 11) is 0. The van der Waals surface area contributed by atoms with E-state index in [9.17, 15) is 19.2 Å². The third-order valence-electron chi connectivity index (χ3n) is 6.57. The van der Waals surface area contributed by atoms with Crippen LogP contribution in [0.2, 0.25) is 5.02 Å². The average molecular weight is 511 g/mol. The van der Waals surface area contributed by atoms with Crippen LogP contribution in [-0.4, -0.2) is 27.0 Å². The molecular formula is C27H31ClN4O4. The van der Waals surface area contributed by atoms with E-state index in [1.54, 1.807) is 48.5 Å². The number of carbonyl (C=O) groups is 2. The molecule has 1 aliphatic rings. The SMILES string of the molecule is O=C(Cn1c(=O)n(CCCCC(=O)NC2CCCCC2)c(=O)c2ccccc21)Nc1ccc(Cl)cc1. The predicted octanol–water partition coefficient (Wildman–Crippen LogP) is 4.07. The molecule has 4 rings (SSSR count). The Bertz CT molecular complexity index is 1340. The zero-order valence-electron chi connectivity index (χ0n) is 20.2. The van der Waals surface area contributed by atoms with Gasteiger partial charge in [0.05, 0.1) is 10.9 Å². The van der Waals surface area contributed by atoms with Gasteiger partial charge in [0.1, 0.15) is 6.54 Å². The number of para-hydroxylation sites is 1. The van der Waals surface area contributed by atoms with Gasteiger partial charge in [-0.05, 0) is 62.1 Å². The summed E-state index contributed by atoms with van der Waals surface area (Å²) in [6.45, 7) is -0.0654. The molecule has 0 radical (unpaired) electrons. The first-order valence-corrected chi connectivity index (χ1v) is 12.9. The van der Waals surface area contributed by atoms with Gasteiger partial charge in [-0.2, -0.15) is 0 Å². The number of hydrogen-bond acceptors (Lipinski definition) is 4. The van der Waals surface area contributed by atoms with Crippen molar-refractivity contribution in [2.24, 2.45) is 0 Å². The van der Waals surface area contributed by atoms with Gasteiger partial charge >= 0.3 is 5.69 Å². The van der Waals surface area contributed by atoms with Crippen molar-refractivity contribution in [3.05, 3.63) is 74.4 Å². The Hall–Kier alpha value is -3.39. The summed E-state index contributed by atoms with van der Waals surface area (Å²) in [5.41, 5.74) is 0.0247. The molecule has 3 aromatic rings. The van der Waals surface area contributed by atoms with Crippen LogP contribution in [-0.2, 0) is 22.7 Å². The Balaban J connectivity index is 1.45. The van der Waals surface area contributed by atoms with Gasteiger partial charge in [0, 0.05) is 29.7 Å². The van der Waals surface area contributed by atoms with Crippen molar-refractivity contribution < 1.29 is 9.59 Å². The molecule has 0 spiro atoms. The molecule has 1 aliphatic carbocycles. The molecule has 0 aliphatic heterocycles. The topological polar surface area (TPSA) is 102 Å². The molecule has 1 heterocycles. The van der Waals surface area contributed by atoms with Crippen LogP contribution in [0.15, 0.2) is 58.1 Å². The van der Waals surface area contributed by atoms with Crippen LogP contribution >= 0.6 is 11.6 Å². The van der Waals surface area contributed by atoms with Crippen LogP contribution in [0.3, 0.4) is 0 Å². The number of amides is 2. The number of fused-ring (bicyclic) bond motifs is 1. The van der Waals surface area contributed by atoms with Crippen molar-refractivity contribution in [3.63, 3.8) is 0 Å². The minimum atomic E-state index is -0.545. The number of unbranched alkanes of at least 4 members (excludes halogenated alkanes) is 1. The van der Waals surface area contributed by atoms with Gasteiger partial charge in [-0.25, -0.2) is 4.79 Å². The fraction of sp³-hybridized carbons (Fsp3) is 0.407. The van der Waals surface area contributed by atoms with Gasteiger partial charge in [0.2, 0.25) is 11.8 Å². The van der Waals surface area contributed by atoms with Crippen molar-refractivity contribution in [2.45, 2.75) is 70.5 Å². The number of benzene rings is 2. The summed E-state index contributed by atoms with van der Waals surface area (Å²) in [5.74, 6) is -0.377. The lowest BCUT2D eigenvalue weighted by Gasteiger charge is -2.22. The summed E-state index contributed by atoms with van der Waals surface area (Å²) in [5, 5.41) is 6.76. The molecule has 2 amide bonds. The smallest absolute Gasteiger partial charge is 0.331 e. The number of nitrogens with one attached hydrogen (secondary N) is 2. The van der Waals surface area contributed by atoms with Crippen LogP contribution in [0.1, 0.15) is 51.4 Å². The maximum atomic E-state index is 13.3. The minimum absolute atomic E-state index is 0.0176. The van der Waals surface area contributed by atoms with E-state index in [1.165, 1.54) is 11.0 Å². The van der Waals surface area contributed by atoms with E-state index < -0.39 is 17.2 Å². The quantitative estimate of drug-likeness (QED) is 0.423. The summed E-state index contributed by atoms with van der Waals surface area (Å²) in [6.07, 6.45) is 7.02. The van der Waals surface area contributed by atoms with Gasteiger partial charge in [-0.15, -0.1) is 0 Å². The second-order valence-electron chi connectivity index (χ2n) is 9.26. The van der Waals surface area contributed by atoms with E-state index in [1.807, 2.05) is 0 Å². The fourth-order valence-electron chi connectivity index (χ4n) is 4.70. The normalized spacial score (nSPS) is 14.0. The maximum Gasteiger partial charge on any atom is 0.331 e. The highest BCUT2D eigenvalue weighted by atomic mass is 35.5. The van der Waals surface area contributed by atoms with E-state index in [2.05, 4.69) is 10.6 Å². The molecule has 1 aromatic heterocycles. The molecule has 0 unspecified atom stereocenters. The maximum absolute atomic E-state index is 13.3.